The molecule has 1 aliphatic heterocycles. The minimum atomic E-state index is -0.681. The Hall–Kier alpha value is -1.49. The number of likely N-dealkylation sites (tertiary alicyclic amines) is 1. The van der Waals surface area contributed by atoms with Gasteiger partial charge in [-0.2, -0.15) is 0 Å². The maximum absolute atomic E-state index is 11.9. The van der Waals surface area contributed by atoms with E-state index in [-0.39, 0.29) is 5.91 Å². The van der Waals surface area contributed by atoms with Crippen molar-refractivity contribution in [2.45, 2.75) is 25.4 Å². The summed E-state index contributed by atoms with van der Waals surface area (Å²) in [5.74, 6) is -0.110. The third kappa shape index (κ3) is 2.04. The van der Waals surface area contributed by atoms with E-state index in [0.717, 1.165) is 12.8 Å². The third-order valence-corrected chi connectivity index (χ3v) is 2.78. The predicted octanol–water partition coefficient (Wildman–Crippen LogP) is 0.464. The van der Waals surface area contributed by atoms with Gasteiger partial charge in [-0.15, -0.1) is 0 Å². The van der Waals surface area contributed by atoms with E-state index in [1.165, 1.54) is 18.7 Å². The molecule has 1 amide bonds. The predicted molar refractivity (Wildman–Crippen MR) is 57.8 cm³/mol. The first kappa shape index (κ1) is 11.0. The van der Waals surface area contributed by atoms with Gasteiger partial charge in [0.1, 0.15) is 6.33 Å². The van der Waals surface area contributed by atoms with Crippen LogP contribution < -0.4 is 0 Å². The molecule has 1 aromatic rings. The fraction of sp³-hybridized carbons (Fsp3) is 0.545. The molecule has 86 valence electrons. The van der Waals surface area contributed by atoms with Gasteiger partial charge in [0.2, 0.25) is 0 Å². The molecular formula is C11H15N3O2. The summed E-state index contributed by atoms with van der Waals surface area (Å²) in [5.41, 5.74) is -0.207. The second kappa shape index (κ2) is 4.17. The lowest BCUT2D eigenvalue weighted by Crippen LogP contribution is -2.63. The van der Waals surface area contributed by atoms with Gasteiger partial charge in [0.05, 0.1) is 24.3 Å². The quantitative estimate of drug-likeness (QED) is 0.805. The van der Waals surface area contributed by atoms with Crippen LogP contribution >= 0.6 is 0 Å². The Morgan fingerprint density at radius 1 is 1.50 bits per heavy atom. The maximum atomic E-state index is 11.9. The molecule has 0 saturated carbocycles. The van der Waals surface area contributed by atoms with Crippen LogP contribution in [-0.2, 0) is 0 Å². The third-order valence-electron chi connectivity index (χ3n) is 2.78. The lowest BCUT2D eigenvalue weighted by Gasteiger charge is -2.46. The highest BCUT2D eigenvalue weighted by Crippen LogP contribution is 2.26. The Morgan fingerprint density at radius 2 is 2.12 bits per heavy atom. The van der Waals surface area contributed by atoms with Crippen molar-refractivity contribution in [3.05, 3.63) is 24.3 Å². The molecule has 1 N–H and O–H groups in total. The molecule has 0 atom stereocenters. The van der Waals surface area contributed by atoms with Crippen LogP contribution in [0.5, 0.6) is 0 Å². The first-order chi connectivity index (χ1) is 7.64. The van der Waals surface area contributed by atoms with E-state index in [2.05, 4.69) is 9.97 Å². The second-order valence-corrected chi connectivity index (χ2v) is 4.26. The number of hydrogen-bond donors (Lipinski definition) is 1. The molecule has 16 heavy (non-hydrogen) atoms. The van der Waals surface area contributed by atoms with E-state index in [1.54, 1.807) is 4.90 Å². The summed E-state index contributed by atoms with van der Waals surface area (Å²) < 4.78 is 0. The number of carbonyl (C=O) groups is 1. The van der Waals surface area contributed by atoms with Crippen LogP contribution in [-0.4, -0.2) is 44.6 Å². The highest BCUT2D eigenvalue weighted by atomic mass is 16.3. The van der Waals surface area contributed by atoms with E-state index >= 15 is 0 Å². The van der Waals surface area contributed by atoms with Gasteiger partial charge >= 0.3 is 0 Å². The van der Waals surface area contributed by atoms with Crippen LogP contribution in [0.15, 0.2) is 18.7 Å². The number of β-amino-alcohol motifs (C(OH)–C–C–N with tert-alkyl or cyclic N) is 1. The van der Waals surface area contributed by atoms with Crippen molar-refractivity contribution >= 4 is 5.91 Å². The van der Waals surface area contributed by atoms with Gasteiger partial charge in [-0.25, -0.2) is 9.97 Å². The van der Waals surface area contributed by atoms with Gasteiger partial charge in [-0.3, -0.25) is 4.79 Å². The summed E-state index contributed by atoms with van der Waals surface area (Å²) in [6, 6.07) is 0. The minimum absolute atomic E-state index is 0.110. The molecule has 1 saturated heterocycles. The van der Waals surface area contributed by atoms with Crippen LogP contribution in [0.4, 0.5) is 0 Å². The van der Waals surface area contributed by atoms with Gasteiger partial charge in [-0.05, 0) is 6.42 Å². The Bertz CT molecular complexity index is 374. The molecule has 0 bridgehead atoms. The normalized spacial score (nSPS) is 18.0. The monoisotopic (exact) mass is 221 g/mol. The lowest BCUT2D eigenvalue weighted by atomic mass is 9.89. The summed E-state index contributed by atoms with van der Waals surface area (Å²) in [5, 5.41) is 9.95. The van der Waals surface area contributed by atoms with E-state index < -0.39 is 5.60 Å². The number of aliphatic hydroxyl groups is 1. The van der Waals surface area contributed by atoms with Crippen LogP contribution in [0, 0.1) is 0 Å². The summed E-state index contributed by atoms with van der Waals surface area (Å²) in [4.78, 5) is 21.1. The number of rotatable bonds is 3. The highest BCUT2D eigenvalue weighted by molar-refractivity contribution is 5.94. The Balaban J connectivity index is 1.96. The van der Waals surface area contributed by atoms with E-state index in [1.807, 2.05) is 6.92 Å². The largest absolute Gasteiger partial charge is 0.386 e. The fourth-order valence-corrected chi connectivity index (χ4v) is 2.02. The SMILES string of the molecule is CCCC1(O)CN(C(=O)c2cncnc2)C1. The molecule has 5 heteroatoms. The average Bonchev–Trinajstić information content (AvgIpc) is 2.26. The molecule has 1 fully saturated rings. The first-order valence-electron chi connectivity index (χ1n) is 5.41. The molecule has 0 spiro atoms. The number of carbonyl (C=O) groups excluding carboxylic acids is 1. The van der Waals surface area contributed by atoms with Gasteiger partial charge in [0.15, 0.2) is 0 Å². The smallest absolute Gasteiger partial charge is 0.257 e. The molecule has 0 aliphatic carbocycles. The lowest BCUT2D eigenvalue weighted by molar-refractivity contribution is -0.0860. The zero-order chi connectivity index (χ0) is 11.6. The van der Waals surface area contributed by atoms with Crippen LogP contribution in [0.2, 0.25) is 0 Å². The number of amides is 1. The average molecular weight is 221 g/mol. The standard InChI is InChI=1S/C11H15N3O2/c1-2-3-11(16)6-14(7-11)10(15)9-4-12-8-13-5-9/h4-5,8,16H,2-3,6-7H2,1H3. The molecule has 2 heterocycles. The van der Waals surface area contributed by atoms with Gasteiger partial charge in [0.25, 0.3) is 5.91 Å². The highest BCUT2D eigenvalue weighted by Gasteiger charge is 2.42. The van der Waals surface area contributed by atoms with Crippen molar-refractivity contribution in [2.75, 3.05) is 13.1 Å². The number of nitrogens with zero attached hydrogens (tertiary/aromatic N) is 3. The van der Waals surface area contributed by atoms with Crippen LogP contribution in [0.1, 0.15) is 30.1 Å². The first-order valence-corrected chi connectivity index (χ1v) is 5.41. The molecule has 2 rings (SSSR count). The Morgan fingerprint density at radius 3 is 2.69 bits per heavy atom. The Labute approximate surface area is 94.1 Å². The van der Waals surface area contributed by atoms with Crippen LogP contribution in [0.25, 0.3) is 0 Å². The zero-order valence-corrected chi connectivity index (χ0v) is 9.26. The van der Waals surface area contributed by atoms with Crippen molar-refractivity contribution < 1.29 is 9.90 Å². The molecule has 5 nitrogen and oxygen atoms in total. The molecule has 0 radical (unpaired) electrons. The van der Waals surface area contributed by atoms with Crippen LogP contribution in [0.3, 0.4) is 0 Å². The van der Waals surface area contributed by atoms with Crippen molar-refractivity contribution in [1.29, 1.82) is 0 Å². The van der Waals surface area contributed by atoms with E-state index in [4.69, 9.17) is 0 Å². The summed E-state index contributed by atoms with van der Waals surface area (Å²) >= 11 is 0. The summed E-state index contributed by atoms with van der Waals surface area (Å²) in [6.07, 6.45) is 6.04. The second-order valence-electron chi connectivity index (χ2n) is 4.26. The molecule has 0 aromatic carbocycles. The maximum Gasteiger partial charge on any atom is 0.257 e. The molecule has 1 aromatic heterocycles. The Kier molecular flexibility index (Phi) is 2.87. The zero-order valence-electron chi connectivity index (χ0n) is 9.26. The number of hydrogen-bond acceptors (Lipinski definition) is 4. The molecular weight excluding hydrogens is 206 g/mol. The van der Waals surface area contributed by atoms with Crippen molar-refractivity contribution in [3.8, 4) is 0 Å². The van der Waals surface area contributed by atoms with Crippen molar-refractivity contribution in [1.82, 2.24) is 14.9 Å². The summed E-state index contributed by atoms with van der Waals surface area (Å²) in [6.45, 7) is 2.84. The number of aromatic nitrogens is 2. The molecule has 1 aliphatic rings. The van der Waals surface area contributed by atoms with Gasteiger partial charge < -0.3 is 10.0 Å². The molecule has 0 unspecified atom stereocenters. The van der Waals surface area contributed by atoms with Crippen molar-refractivity contribution in [2.24, 2.45) is 0 Å². The van der Waals surface area contributed by atoms with Crippen molar-refractivity contribution in [3.63, 3.8) is 0 Å². The minimum Gasteiger partial charge on any atom is -0.386 e. The topological polar surface area (TPSA) is 66.3 Å². The summed E-state index contributed by atoms with van der Waals surface area (Å²) in [7, 11) is 0. The van der Waals surface area contributed by atoms with E-state index in [0.29, 0.717) is 18.7 Å². The van der Waals surface area contributed by atoms with E-state index in [9.17, 15) is 9.90 Å². The fourth-order valence-electron chi connectivity index (χ4n) is 2.02. The van der Waals surface area contributed by atoms with Gasteiger partial charge in [-0.1, -0.05) is 13.3 Å². The van der Waals surface area contributed by atoms with Gasteiger partial charge in [0, 0.05) is 12.4 Å².